The van der Waals surface area contributed by atoms with Crippen LogP contribution >= 0.6 is 17.0 Å². The van der Waals surface area contributed by atoms with Crippen molar-refractivity contribution in [2.24, 2.45) is 11.8 Å². The normalized spacial score (nSPS) is 10.5. The van der Waals surface area contributed by atoms with Crippen molar-refractivity contribution in [3.05, 3.63) is 0 Å². The van der Waals surface area contributed by atoms with Gasteiger partial charge in [-0.05, 0) is 37.8 Å². The van der Waals surface area contributed by atoms with Gasteiger partial charge in [0.05, 0.1) is 0 Å². The Morgan fingerprint density at radius 3 is 1.42 bits per heavy atom. The molecule has 0 atom stereocenters. The Bertz CT molecular complexity index is 71.9. The van der Waals surface area contributed by atoms with Crippen LogP contribution in [0.4, 0.5) is 0 Å². The van der Waals surface area contributed by atoms with Crippen LogP contribution in [-0.2, 0) is 0 Å². The van der Waals surface area contributed by atoms with Crippen LogP contribution < -0.4 is 5.32 Å². The third kappa shape index (κ3) is 13.1. The summed E-state index contributed by atoms with van der Waals surface area (Å²) in [6.07, 6.45) is 2.61. The molecule has 0 unspecified atom stereocenters. The van der Waals surface area contributed by atoms with E-state index < -0.39 is 0 Å². The smallest absolute Gasteiger partial charge is 0.00465 e. The molecule has 2 heteroatoms. The van der Waals surface area contributed by atoms with Gasteiger partial charge in [-0.25, -0.2) is 0 Å². The standard InChI is InChI=1S/C10H23N.BrH/c1-9(2)5-7-11-8-6-10(3)4;/h9-11H,5-8H2,1-4H3;1H. The van der Waals surface area contributed by atoms with Gasteiger partial charge < -0.3 is 5.32 Å². The first-order valence-electron chi connectivity index (χ1n) is 4.83. The molecule has 0 saturated heterocycles. The van der Waals surface area contributed by atoms with Crippen molar-refractivity contribution in [2.45, 2.75) is 40.5 Å². The molecule has 0 bridgehead atoms. The number of halogens is 1. The van der Waals surface area contributed by atoms with E-state index >= 15 is 0 Å². The van der Waals surface area contributed by atoms with E-state index in [2.05, 4.69) is 33.0 Å². The lowest BCUT2D eigenvalue weighted by Gasteiger charge is -2.07. The monoisotopic (exact) mass is 237 g/mol. The van der Waals surface area contributed by atoms with E-state index in [-0.39, 0.29) is 17.0 Å². The van der Waals surface area contributed by atoms with E-state index in [9.17, 15) is 0 Å². The summed E-state index contributed by atoms with van der Waals surface area (Å²) in [6.45, 7) is 11.4. The van der Waals surface area contributed by atoms with Crippen molar-refractivity contribution in [2.75, 3.05) is 13.1 Å². The van der Waals surface area contributed by atoms with Crippen molar-refractivity contribution in [1.29, 1.82) is 0 Å². The molecule has 0 rings (SSSR count). The summed E-state index contributed by atoms with van der Waals surface area (Å²) < 4.78 is 0. The van der Waals surface area contributed by atoms with Gasteiger partial charge in [-0.3, -0.25) is 0 Å². The van der Waals surface area contributed by atoms with Crippen LogP contribution in [0, 0.1) is 11.8 Å². The molecule has 0 aromatic heterocycles. The highest BCUT2D eigenvalue weighted by Crippen LogP contribution is 1.98. The van der Waals surface area contributed by atoms with Crippen molar-refractivity contribution in [1.82, 2.24) is 5.32 Å². The van der Waals surface area contributed by atoms with E-state index in [1.54, 1.807) is 0 Å². The highest BCUT2D eigenvalue weighted by Gasteiger charge is 1.94. The number of hydrogen-bond acceptors (Lipinski definition) is 1. The molecule has 0 aliphatic rings. The number of nitrogens with one attached hydrogen (secondary N) is 1. The Hall–Kier alpha value is 0.440. The predicted octanol–water partition coefficient (Wildman–Crippen LogP) is 3.25. The van der Waals surface area contributed by atoms with Gasteiger partial charge in [-0.1, -0.05) is 27.7 Å². The first-order chi connectivity index (χ1) is 5.13. The molecule has 0 aromatic rings. The molecule has 12 heavy (non-hydrogen) atoms. The van der Waals surface area contributed by atoms with Crippen molar-refractivity contribution < 1.29 is 0 Å². The van der Waals surface area contributed by atoms with Crippen LogP contribution in [0.25, 0.3) is 0 Å². The molecular formula is C10H24BrN. The lowest BCUT2D eigenvalue weighted by Crippen LogP contribution is -2.19. The summed E-state index contributed by atoms with van der Waals surface area (Å²) >= 11 is 0. The summed E-state index contributed by atoms with van der Waals surface area (Å²) in [4.78, 5) is 0. The quantitative estimate of drug-likeness (QED) is 0.700. The van der Waals surface area contributed by atoms with Gasteiger partial charge in [0.2, 0.25) is 0 Å². The first kappa shape index (κ1) is 14.9. The molecule has 1 nitrogen and oxygen atoms in total. The van der Waals surface area contributed by atoms with E-state index in [1.807, 2.05) is 0 Å². The van der Waals surface area contributed by atoms with Crippen LogP contribution in [0.2, 0.25) is 0 Å². The third-order valence-corrected chi connectivity index (χ3v) is 1.80. The van der Waals surface area contributed by atoms with Crippen molar-refractivity contribution >= 4 is 17.0 Å². The summed E-state index contributed by atoms with van der Waals surface area (Å²) in [7, 11) is 0. The molecule has 0 aliphatic carbocycles. The van der Waals surface area contributed by atoms with Gasteiger partial charge in [0, 0.05) is 0 Å². The van der Waals surface area contributed by atoms with Crippen LogP contribution in [0.1, 0.15) is 40.5 Å². The second kappa shape index (κ2) is 9.53. The highest BCUT2D eigenvalue weighted by atomic mass is 79.9. The minimum absolute atomic E-state index is 0. The average molecular weight is 238 g/mol. The minimum atomic E-state index is 0. The van der Waals surface area contributed by atoms with E-state index in [0.717, 1.165) is 11.8 Å². The fourth-order valence-corrected chi connectivity index (χ4v) is 0.906. The molecule has 0 radical (unpaired) electrons. The third-order valence-electron chi connectivity index (χ3n) is 1.80. The highest BCUT2D eigenvalue weighted by molar-refractivity contribution is 8.93. The first-order valence-corrected chi connectivity index (χ1v) is 4.83. The lowest BCUT2D eigenvalue weighted by atomic mass is 10.1. The Kier molecular flexibility index (Phi) is 11.9. The number of rotatable bonds is 6. The van der Waals surface area contributed by atoms with Crippen LogP contribution in [0.3, 0.4) is 0 Å². The molecule has 76 valence electrons. The van der Waals surface area contributed by atoms with Gasteiger partial charge in [-0.2, -0.15) is 0 Å². The molecule has 0 spiro atoms. The molecule has 0 saturated carbocycles. The fraction of sp³-hybridized carbons (Fsp3) is 1.00. The Labute approximate surface area is 88.1 Å². The SMILES string of the molecule is Br.CC(C)CCNCCC(C)C. The van der Waals surface area contributed by atoms with E-state index in [1.165, 1.54) is 25.9 Å². The van der Waals surface area contributed by atoms with Crippen LogP contribution in [0.5, 0.6) is 0 Å². The Balaban J connectivity index is 0. The van der Waals surface area contributed by atoms with Gasteiger partial charge in [-0.15, -0.1) is 17.0 Å². The zero-order valence-corrected chi connectivity index (χ0v) is 10.6. The number of hydrogen-bond donors (Lipinski definition) is 1. The van der Waals surface area contributed by atoms with Crippen molar-refractivity contribution in [3.63, 3.8) is 0 Å². The maximum Gasteiger partial charge on any atom is -0.00465 e. The Morgan fingerprint density at radius 2 is 1.17 bits per heavy atom. The zero-order valence-electron chi connectivity index (χ0n) is 8.89. The molecule has 0 amide bonds. The molecular weight excluding hydrogens is 214 g/mol. The summed E-state index contributed by atoms with van der Waals surface area (Å²) in [5, 5.41) is 3.45. The molecule has 0 fully saturated rings. The summed E-state index contributed by atoms with van der Waals surface area (Å²) in [6, 6.07) is 0. The van der Waals surface area contributed by atoms with E-state index in [4.69, 9.17) is 0 Å². The summed E-state index contributed by atoms with van der Waals surface area (Å²) in [5.74, 6) is 1.67. The zero-order chi connectivity index (χ0) is 8.69. The molecule has 0 aromatic carbocycles. The molecule has 0 heterocycles. The van der Waals surface area contributed by atoms with Gasteiger partial charge in [0.25, 0.3) is 0 Å². The van der Waals surface area contributed by atoms with Gasteiger partial charge in [0.15, 0.2) is 0 Å². The van der Waals surface area contributed by atoms with Crippen LogP contribution in [0.15, 0.2) is 0 Å². The largest absolute Gasteiger partial charge is 0.317 e. The van der Waals surface area contributed by atoms with E-state index in [0.29, 0.717) is 0 Å². The minimum Gasteiger partial charge on any atom is -0.317 e. The second-order valence-corrected chi connectivity index (χ2v) is 4.12. The van der Waals surface area contributed by atoms with Crippen LogP contribution in [-0.4, -0.2) is 13.1 Å². The topological polar surface area (TPSA) is 12.0 Å². The Morgan fingerprint density at radius 1 is 0.833 bits per heavy atom. The molecule has 1 N–H and O–H groups in total. The van der Waals surface area contributed by atoms with Gasteiger partial charge >= 0.3 is 0 Å². The lowest BCUT2D eigenvalue weighted by molar-refractivity contribution is 0.498. The predicted molar refractivity (Wildman–Crippen MR) is 62.1 cm³/mol. The summed E-state index contributed by atoms with van der Waals surface area (Å²) in [5.41, 5.74) is 0. The second-order valence-electron chi connectivity index (χ2n) is 4.12. The molecule has 0 aliphatic heterocycles. The average Bonchev–Trinajstić information content (AvgIpc) is 1.85. The van der Waals surface area contributed by atoms with Crippen molar-refractivity contribution in [3.8, 4) is 0 Å². The van der Waals surface area contributed by atoms with Gasteiger partial charge in [0.1, 0.15) is 0 Å². The maximum atomic E-state index is 3.45. The fourth-order valence-electron chi connectivity index (χ4n) is 0.906. The maximum absolute atomic E-state index is 3.45.